The van der Waals surface area contributed by atoms with Gasteiger partial charge in [-0.2, -0.15) is 0 Å². The number of carboxylic acids is 1. The SMILES string of the molecule is CC(C)C(=O)CCC(=O)N[C@H](CCCCNC(=O)CCCc1ccc(I)cc1)C(=O)O. The molecule has 3 N–H and O–H groups in total. The summed E-state index contributed by atoms with van der Waals surface area (Å²) in [6.07, 6.45) is 3.67. The molecule has 0 fully saturated rings. The molecule has 0 aliphatic rings. The molecule has 172 valence electrons. The van der Waals surface area contributed by atoms with Crippen LogP contribution in [0, 0.1) is 9.49 Å². The first-order valence-electron chi connectivity index (χ1n) is 10.7. The van der Waals surface area contributed by atoms with E-state index in [1.165, 1.54) is 9.13 Å². The highest BCUT2D eigenvalue weighted by atomic mass is 127. The second kappa shape index (κ2) is 14.9. The molecule has 0 aliphatic carbocycles. The van der Waals surface area contributed by atoms with E-state index in [-0.39, 0.29) is 36.9 Å². The Morgan fingerprint density at radius 1 is 0.935 bits per heavy atom. The van der Waals surface area contributed by atoms with Crippen molar-refractivity contribution in [2.45, 2.75) is 71.3 Å². The first-order valence-corrected chi connectivity index (χ1v) is 11.8. The Hall–Kier alpha value is -1.97. The van der Waals surface area contributed by atoms with Crippen LogP contribution in [-0.4, -0.2) is 41.3 Å². The molecule has 1 atom stereocenters. The monoisotopic (exact) mass is 544 g/mol. The van der Waals surface area contributed by atoms with Crippen LogP contribution in [-0.2, 0) is 25.6 Å². The number of nitrogens with one attached hydrogen (secondary N) is 2. The van der Waals surface area contributed by atoms with Crippen LogP contribution in [0.15, 0.2) is 24.3 Å². The number of carbonyl (C=O) groups excluding carboxylic acids is 3. The lowest BCUT2D eigenvalue weighted by molar-refractivity contribution is -0.142. The number of Topliss-reactive ketones (excluding diaryl/α,β-unsaturated/α-hetero) is 1. The Labute approximate surface area is 197 Å². The molecule has 8 heteroatoms. The second-order valence-electron chi connectivity index (χ2n) is 7.91. The molecule has 1 aromatic rings. The molecule has 1 aromatic carbocycles. The van der Waals surface area contributed by atoms with Gasteiger partial charge in [0.05, 0.1) is 0 Å². The summed E-state index contributed by atoms with van der Waals surface area (Å²) in [6.45, 7) is 4.01. The number of aryl methyl sites for hydroxylation is 1. The molecular weight excluding hydrogens is 511 g/mol. The summed E-state index contributed by atoms with van der Waals surface area (Å²) < 4.78 is 1.19. The third-order valence-corrected chi connectivity index (χ3v) is 5.62. The van der Waals surface area contributed by atoms with E-state index in [4.69, 9.17) is 0 Å². The quantitative estimate of drug-likeness (QED) is 0.231. The lowest BCUT2D eigenvalue weighted by Crippen LogP contribution is -2.41. The van der Waals surface area contributed by atoms with Crippen molar-refractivity contribution in [1.82, 2.24) is 10.6 Å². The van der Waals surface area contributed by atoms with Crippen molar-refractivity contribution in [3.8, 4) is 0 Å². The van der Waals surface area contributed by atoms with Crippen molar-refractivity contribution in [2.24, 2.45) is 5.92 Å². The van der Waals surface area contributed by atoms with E-state index in [0.717, 1.165) is 12.8 Å². The van der Waals surface area contributed by atoms with E-state index in [1.54, 1.807) is 13.8 Å². The predicted molar refractivity (Wildman–Crippen MR) is 128 cm³/mol. The number of hydrogen-bond acceptors (Lipinski definition) is 4. The normalized spacial score (nSPS) is 11.7. The number of carbonyl (C=O) groups is 4. The van der Waals surface area contributed by atoms with Gasteiger partial charge in [-0.05, 0) is 72.4 Å². The molecule has 1 rings (SSSR count). The van der Waals surface area contributed by atoms with Crippen molar-refractivity contribution < 1.29 is 24.3 Å². The molecule has 0 saturated carbocycles. The highest BCUT2D eigenvalue weighted by Gasteiger charge is 2.20. The van der Waals surface area contributed by atoms with Crippen LogP contribution in [0.3, 0.4) is 0 Å². The molecule has 0 unspecified atom stereocenters. The fraction of sp³-hybridized carbons (Fsp3) is 0.565. The van der Waals surface area contributed by atoms with Crippen LogP contribution in [0.4, 0.5) is 0 Å². The van der Waals surface area contributed by atoms with Gasteiger partial charge in [0.2, 0.25) is 11.8 Å². The third kappa shape index (κ3) is 12.5. The minimum Gasteiger partial charge on any atom is -0.480 e. The molecular formula is C23H33IN2O5. The first kappa shape index (κ1) is 27.1. The fourth-order valence-corrected chi connectivity index (χ4v) is 3.30. The summed E-state index contributed by atoms with van der Waals surface area (Å²) in [7, 11) is 0. The van der Waals surface area contributed by atoms with Gasteiger partial charge in [-0.15, -0.1) is 0 Å². The molecule has 31 heavy (non-hydrogen) atoms. The number of halogens is 1. The number of unbranched alkanes of at least 4 members (excludes halogenated alkanes) is 1. The maximum Gasteiger partial charge on any atom is 0.326 e. The van der Waals surface area contributed by atoms with Crippen molar-refractivity contribution in [2.75, 3.05) is 6.54 Å². The van der Waals surface area contributed by atoms with E-state index < -0.39 is 17.9 Å². The van der Waals surface area contributed by atoms with Crippen LogP contribution in [0.1, 0.15) is 64.4 Å². The van der Waals surface area contributed by atoms with Crippen molar-refractivity contribution in [3.63, 3.8) is 0 Å². The molecule has 0 saturated heterocycles. The summed E-state index contributed by atoms with van der Waals surface area (Å²) in [4.78, 5) is 46.8. The van der Waals surface area contributed by atoms with E-state index in [0.29, 0.717) is 25.8 Å². The summed E-state index contributed by atoms with van der Waals surface area (Å²) in [5, 5.41) is 14.6. The Morgan fingerprint density at radius 3 is 2.23 bits per heavy atom. The largest absolute Gasteiger partial charge is 0.480 e. The number of benzene rings is 1. The lowest BCUT2D eigenvalue weighted by Gasteiger charge is -2.14. The highest BCUT2D eigenvalue weighted by Crippen LogP contribution is 2.10. The second-order valence-corrected chi connectivity index (χ2v) is 9.15. The molecule has 0 radical (unpaired) electrons. The predicted octanol–water partition coefficient (Wildman–Crippen LogP) is 3.48. The smallest absolute Gasteiger partial charge is 0.326 e. The van der Waals surface area contributed by atoms with Gasteiger partial charge in [0.25, 0.3) is 0 Å². The van der Waals surface area contributed by atoms with Gasteiger partial charge in [-0.25, -0.2) is 4.79 Å². The van der Waals surface area contributed by atoms with Gasteiger partial charge in [0.15, 0.2) is 0 Å². The van der Waals surface area contributed by atoms with Gasteiger partial charge in [0, 0.05) is 35.3 Å². The van der Waals surface area contributed by atoms with Crippen molar-refractivity contribution in [1.29, 1.82) is 0 Å². The maximum absolute atomic E-state index is 11.9. The standard InChI is InChI=1S/C23H33IN2O5/c1-16(2)20(27)13-14-22(29)26-19(23(30)31)7-3-4-15-25-21(28)8-5-6-17-9-11-18(24)12-10-17/h9-12,16,19H,3-8,13-15H2,1-2H3,(H,25,28)(H,26,29)(H,30,31)/t19-/m1/s1. The molecule has 0 heterocycles. The van der Waals surface area contributed by atoms with Gasteiger partial charge in [0.1, 0.15) is 11.8 Å². The third-order valence-electron chi connectivity index (χ3n) is 4.90. The minimum atomic E-state index is -1.09. The van der Waals surface area contributed by atoms with Crippen LogP contribution < -0.4 is 10.6 Å². The number of carboxylic acid groups (broad SMARTS) is 1. The van der Waals surface area contributed by atoms with Crippen LogP contribution >= 0.6 is 22.6 Å². The van der Waals surface area contributed by atoms with Crippen LogP contribution in [0.25, 0.3) is 0 Å². The zero-order valence-electron chi connectivity index (χ0n) is 18.3. The number of hydrogen-bond donors (Lipinski definition) is 3. The zero-order chi connectivity index (χ0) is 23.2. The zero-order valence-corrected chi connectivity index (χ0v) is 20.4. The minimum absolute atomic E-state index is 0.000927. The summed E-state index contributed by atoms with van der Waals surface area (Å²) in [5.41, 5.74) is 1.21. The Morgan fingerprint density at radius 2 is 1.61 bits per heavy atom. The number of amides is 2. The molecule has 0 bridgehead atoms. The summed E-state index contributed by atoms with van der Waals surface area (Å²) in [5.74, 6) is -1.69. The van der Waals surface area contributed by atoms with Crippen LogP contribution in [0.5, 0.6) is 0 Å². The van der Waals surface area contributed by atoms with Gasteiger partial charge < -0.3 is 15.7 Å². The van der Waals surface area contributed by atoms with E-state index in [1.807, 2.05) is 12.1 Å². The van der Waals surface area contributed by atoms with E-state index >= 15 is 0 Å². The average Bonchev–Trinajstić information content (AvgIpc) is 2.72. The molecule has 0 aliphatic heterocycles. The number of ketones is 1. The van der Waals surface area contributed by atoms with Gasteiger partial charge in [-0.3, -0.25) is 14.4 Å². The number of rotatable bonds is 15. The molecule has 2 amide bonds. The van der Waals surface area contributed by atoms with E-state index in [9.17, 15) is 24.3 Å². The van der Waals surface area contributed by atoms with Gasteiger partial charge >= 0.3 is 5.97 Å². The Balaban J connectivity index is 2.18. The first-order chi connectivity index (χ1) is 14.7. The molecule has 7 nitrogen and oxygen atoms in total. The summed E-state index contributed by atoms with van der Waals surface area (Å²) in [6, 6.07) is 7.26. The Bertz CT molecular complexity index is 734. The van der Waals surface area contributed by atoms with Gasteiger partial charge in [-0.1, -0.05) is 26.0 Å². The van der Waals surface area contributed by atoms with Crippen molar-refractivity contribution in [3.05, 3.63) is 33.4 Å². The Kier molecular flexibility index (Phi) is 13.0. The topological polar surface area (TPSA) is 113 Å². The lowest BCUT2D eigenvalue weighted by atomic mass is 10.0. The summed E-state index contributed by atoms with van der Waals surface area (Å²) >= 11 is 2.26. The van der Waals surface area contributed by atoms with Crippen LogP contribution in [0.2, 0.25) is 0 Å². The maximum atomic E-state index is 11.9. The fourth-order valence-electron chi connectivity index (χ4n) is 2.94. The molecule has 0 spiro atoms. The molecule has 0 aromatic heterocycles. The van der Waals surface area contributed by atoms with E-state index in [2.05, 4.69) is 45.4 Å². The average molecular weight is 544 g/mol. The number of aliphatic carboxylic acids is 1. The van der Waals surface area contributed by atoms with Crippen molar-refractivity contribution >= 4 is 46.2 Å². The highest BCUT2D eigenvalue weighted by molar-refractivity contribution is 14.1.